The van der Waals surface area contributed by atoms with E-state index >= 15 is 0 Å². The molecule has 0 aliphatic carbocycles. The standard InChI is InChI=1S/C17H15ClN4OS/c1-2-23-15-10-6-3-7-12(15)11-19-22-16(20-21-17(22)24)13-8-4-5-9-14(13)18/h3-11H,2H2,1H3,(H,21,24). The first-order valence-corrected chi connectivity index (χ1v) is 8.18. The van der Waals surface area contributed by atoms with Crippen molar-refractivity contribution in [3.63, 3.8) is 0 Å². The fourth-order valence-electron chi connectivity index (χ4n) is 2.21. The molecule has 122 valence electrons. The van der Waals surface area contributed by atoms with E-state index in [2.05, 4.69) is 15.3 Å². The summed E-state index contributed by atoms with van der Waals surface area (Å²) >= 11 is 11.5. The molecule has 7 heteroatoms. The third-order valence-electron chi connectivity index (χ3n) is 3.30. The van der Waals surface area contributed by atoms with Crippen LogP contribution in [-0.2, 0) is 0 Å². The molecule has 1 N–H and O–H groups in total. The lowest BCUT2D eigenvalue weighted by Gasteiger charge is -2.06. The number of hydrogen-bond acceptors (Lipinski definition) is 4. The van der Waals surface area contributed by atoms with Crippen LogP contribution in [-0.4, -0.2) is 27.7 Å². The van der Waals surface area contributed by atoms with Crippen molar-refractivity contribution in [2.45, 2.75) is 6.92 Å². The first kappa shape index (κ1) is 16.4. The molecular formula is C17H15ClN4OS. The highest BCUT2D eigenvalue weighted by Gasteiger charge is 2.11. The minimum Gasteiger partial charge on any atom is -0.493 e. The fourth-order valence-corrected chi connectivity index (χ4v) is 2.61. The molecule has 0 aliphatic rings. The molecule has 1 aromatic heterocycles. The monoisotopic (exact) mass is 358 g/mol. The number of H-pyrrole nitrogens is 1. The molecule has 5 nitrogen and oxygen atoms in total. The van der Waals surface area contributed by atoms with Gasteiger partial charge in [0.05, 0.1) is 17.8 Å². The average Bonchev–Trinajstić information content (AvgIpc) is 2.95. The van der Waals surface area contributed by atoms with E-state index in [1.807, 2.05) is 49.4 Å². The smallest absolute Gasteiger partial charge is 0.216 e. The molecular weight excluding hydrogens is 344 g/mol. The van der Waals surface area contributed by atoms with Gasteiger partial charge in [-0.1, -0.05) is 35.9 Å². The third-order valence-corrected chi connectivity index (χ3v) is 3.89. The Hall–Kier alpha value is -2.44. The summed E-state index contributed by atoms with van der Waals surface area (Å²) in [5.41, 5.74) is 1.61. The summed E-state index contributed by atoms with van der Waals surface area (Å²) in [6, 6.07) is 15.1. The number of benzene rings is 2. The number of nitrogens with one attached hydrogen (secondary N) is 1. The Morgan fingerprint density at radius 2 is 2.00 bits per heavy atom. The van der Waals surface area contributed by atoms with Crippen molar-refractivity contribution >= 4 is 30.0 Å². The first-order valence-electron chi connectivity index (χ1n) is 7.39. The lowest BCUT2D eigenvalue weighted by atomic mass is 10.2. The van der Waals surface area contributed by atoms with Gasteiger partial charge in [-0.3, -0.25) is 0 Å². The van der Waals surface area contributed by atoms with E-state index in [1.54, 1.807) is 17.0 Å². The molecule has 0 atom stereocenters. The quantitative estimate of drug-likeness (QED) is 0.538. The Labute approximate surface area is 149 Å². The van der Waals surface area contributed by atoms with Crippen molar-refractivity contribution in [2.75, 3.05) is 6.61 Å². The second-order valence-corrected chi connectivity index (χ2v) is 5.65. The number of rotatable bonds is 5. The minimum absolute atomic E-state index is 0.384. The minimum atomic E-state index is 0.384. The Bertz CT molecular complexity index is 932. The number of aromatic amines is 1. The van der Waals surface area contributed by atoms with E-state index in [0.717, 1.165) is 16.9 Å². The normalized spacial score (nSPS) is 11.1. The van der Waals surface area contributed by atoms with E-state index in [0.29, 0.717) is 22.2 Å². The van der Waals surface area contributed by atoms with Crippen LogP contribution in [0.3, 0.4) is 0 Å². The molecule has 0 amide bonds. The summed E-state index contributed by atoms with van der Waals surface area (Å²) in [6.07, 6.45) is 1.69. The van der Waals surface area contributed by atoms with Crippen molar-refractivity contribution in [3.05, 3.63) is 63.9 Å². The predicted molar refractivity (Wildman–Crippen MR) is 98.5 cm³/mol. The topological polar surface area (TPSA) is 55.2 Å². The lowest BCUT2D eigenvalue weighted by Crippen LogP contribution is -1.98. The zero-order valence-corrected chi connectivity index (χ0v) is 14.5. The fraction of sp³-hybridized carbons (Fsp3) is 0.118. The van der Waals surface area contributed by atoms with Crippen molar-refractivity contribution in [2.24, 2.45) is 5.10 Å². The van der Waals surface area contributed by atoms with Crippen molar-refractivity contribution in [1.29, 1.82) is 0 Å². The highest BCUT2D eigenvalue weighted by Crippen LogP contribution is 2.26. The van der Waals surface area contributed by atoms with Crippen LogP contribution in [0.5, 0.6) is 5.75 Å². The maximum absolute atomic E-state index is 6.25. The van der Waals surface area contributed by atoms with Gasteiger partial charge >= 0.3 is 0 Å². The zero-order chi connectivity index (χ0) is 16.9. The van der Waals surface area contributed by atoms with Gasteiger partial charge in [-0.05, 0) is 43.4 Å². The van der Waals surface area contributed by atoms with Crippen molar-refractivity contribution in [1.82, 2.24) is 14.9 Å². The van der Waals surface area contributed by atoms with Gasteiger partial charge in [0.25, 0.3) is 0 Å². The molecule has 0 bridgehead atoms. The summed E-state index contributed by atoms with van der Waals surface area (Å²) in [5.74, 6) is 1.31. The highest BCUT2D eigenvalue weighted by atomic mass is 35.5. The molecule has 0 spiro atoms. The Balaban J connectivity index is 2.02. The summed E-state index contributed by atoms with van der Waals surface area (Å²) < 4.78 is 7.53. The molecule has 0 aliphatic heterocycles. The molecule has 0 unspecified atom stereocenters. The van der Waals surface area contributed by atoms with E-state index in [-0.39, 0.29) is 0 Å². The highest BCUT2D eigenvalue weighted by molar-refractivity contribution is 7.71. The molecule has 3 rings (SSSR count). The van der Waals surface area contributed by atoms with Crippen LogP contribution < -0.4 is 4.74 Å². The van der Waals surface area contributed by atoms with E-state index in [9.17, 15) is 0 Å². The van der Waals surface area contributed by atoms with Crippen LogP contribution in [0.4, 0.5) is 0 Å². The first-order chi connectivity index (χ1) is 11.7. The number of para-hydroxylation sites is 1. The van der Waals surface area contributed by atoms with Gasteiger partial charge in [-0.15, -0.1) is 0 Å². The predicted octanol–water partition coefficient (Wildman–Crippen LogP) is 4.54. The molecule has 0 saturated carbocycles. The summed E-state index contributed by atoms with van der Waals surface area (Å²) in [6.45, 7) is 2.52. The van der Waals surface area contributed by atoms with Crippen LogP contribution in [0.15, 0.2) is 53.6 Å². The number of aromatic nitrogens is 3. The molecule has 0 radical (unpaired) electrons. The number of nitrogens with zero attached hydrogens (tertiary/aromatic N) is 3. The molecule has 0 fully saturated rings. The molecule has 0 saturated heterocycles. The second kappa shape index (κ2) is 7.42. The van der Waals surface area contributed by atoms with Gasteiger partial charge in [0.15, 0.2) is 5.82 Å². The summed E-state index contributed by atoms with van der Waals surface area (Å²) in [7, 11) is 0. The van der Waals surface area contributed by atoms with Crippen molar-refractivity contribution < 1.29 is 4.74 Å². The Kier molecular flexibility index (Phi) is 5.08. The average molecular weight is 359 g/mol. The number of halogens is 1. The van der Waals surface area contributed by atoms with Crippen LogP contribution in [0.25, 0.3) is 11.4 Å². The second-order valence-electron chi connectivity index (χ2n) is 4.86. The molecule has 24 heavy (non-hydrogen) atoms. The molecule has 3 aromatic rings. The van der Waals surface area contributed by atoms with E-state index < -0.39 is 0 Å². The zero-order valence-electron chi connectivity index (χ0n) is 12.9. The number of ether oxygens (including phenoxy) is 1. The molecule has 1 heterocycles. The van der Waals surface area contributed by atoms with Gasteiger partial charge < -0.3 is 4.74 Å². The van der Waals surface area contributed by atoms with Gasteiger partial charge in [-0.2, -0.15) is 14.9 Å². The number of hydrogen-bond donors (Lipinski definition) is 1. The lowest BCUT2D eigenvalue weighted by molar-refractivity contribution is 0.340. The SMILES string of the molecule is CCOc1ccccc1C=Nn1c(-c2ccccc2Cl)n[nH]c1=S. The van der Waals surface area contributed by atoms with Crippen molar-refractivity contribution in [3.8, 4) is 17.1 Å². The van der Waals surface area contributed by atoms with Crippen LogP contribution in [0, 0.1) is 4.77 Å². The van der Waals surface area contributed by atoms with E-state index in [1.165, 1.54) is 0 Å². The van der Waals surface area contributed by atoms with Crippen LogP contribution >= 0.6 is 23.8 Å². The summed E-state index contributed by atoms with van der Waals surface area (Å²) in [5, 5.41) is 12.0. The van der Waals surface area contributed by atoms with Gasteiger partial charge in [0.2, 0.25) is 4.77 Å². The van der Waals surface area contributed by atoms with Gasteiger partial charge in [0.1, 0.15) is 5.75 Å². The van der Waals surface area contributed by atoms with Gasteiger partial charge in [-0.25, -0.2) is 5.10 Å². The summed E-state index contributed by atoms with van der Waals surface area (Å²) in [4.78, 5) is 0. The maximum Gasteiger partial charge on any atom is 0.216 e. The van der Waals surface area contributed by atoms with Crippen LogP contribution in [0.2, 0.25) is 5.02 Å². The van der Waals surface area contributed by atoms with Crippen LogP contribution in [0.1, 0.15) is 12.5 Å². The maximum atomic E-state index is 6.25. The van der Waals surface area contributed by atoms with E-state index in [4.69, 9.17) is 28.6 Å². The molecule has 2 aromatic carbocycles. The Morgan fingerprint density at radius 3 is 2.79 bits per heavy atom. The third kappa shape index (κ3) is 3.39. The van der Waals surface area contributed by atoms with Gasteiger partial charge in [0, 0.05) is 11.1 Å². The Morgan fingerprint density at radius 1 is 1.25 bits per heavy atom. The largest absolute Gasteiger partial charge is 0.493 e.